The van der Waals surface area contributed by atoms with E-state index in [0.29, 0.717) is 13.0 Å². The summed E-state index contributed by atoms with van der Waals surface area (Å²) in [5.41, 5.74) is 0. The molecule has 0 saturated carbocycles. The molecule has 1 atom stereocenters. The van der Waals surface area contributed by atoms with Crippen LogP contribution in [0.4, 0.5) is 0 Å². The van der Waals surface area contributed by atoms with Crippen molar-refractivity contribution in [2.45, 2.75) is 32.9 Å². The number of ether oxygens (including phenoxy) is 1. The van der Waals surface area contributed by atoms with Crippen LogP contribution in [0.15, 0.2) is 15.9 Å². The molecule has 0 spiro atoms. The van der Waals surface area contributed by atoms with E-state index in [4.69, 9.17) is 4.74 Å². The van der Waals surface area contributed by atoms with Gasteiger partial charge in [-0.25, -0.2) is 0 Å². The molecule has 0 fully saturated rings. The van der Waals surface area contributed by atoms with Crippen molar-refractivity contribution in [2.75, 3.05) is 6.61 Å². The molecule has 16 heavy (non-hydrogen) atoms. The Morgan fingerprint density at radius 3 is 3.00 bits per heavy atom. The number of nitrogens with one attached hydrogen (secondary N) is 1. The molecule has 3 nitrogen and oxygen atoms in total. The zero-order valence-corrected chi connectivity index (χ0v) is 11.9. The Labute approximate surface area is 108 Å². The molecule has 90 valence electrons. The third kappa shape index (κ3) is 4.63. The number of hydrogen-bond acceptors (Lipinski definition) is 4. The van der Waals surface area contributed by atoms with E-state index >= 15 is 0 Å². The van der Waals surface area contributed by atoms with E-state index in [9.17, 15) is 4.79 Å². The van der Waals surface area contributed by atoms with E-state index in [1.54, 1.807) is 11.3 Å². The predicted molar refractivity (Wildman–Crippen MR) is 69.6 cm³/mol. The average molecular weight is 306 g/mol. The first-order valence-electron chi connectivity index (χ1n) is 5.24. The normalized spacial score (nSPS) is 12.4. The fourth-order valence-electron chi connectivity index (χ4n) is 1.26. The van der Waals surface area contributed by atoms with Gasteiger partial charge in [-0.1, -0.05) is 0 Å². The Kier molecular flexibility index (Phi) is 6.01. The molecule has 1 heterocycles. The summed E-state index contributed by atoms with van der Waals surface area (Å²) in [4.78, 5) is 12.5. The van der Waals surface area contributed by atoms with E-state index in [0.717, 1.165) is 11.0 Å². The van der Waals surface area contributed by atoms with Crippen molar-refractivity contribution in [1.29, 1.82) is 0 Å². The van der Waals surface area contributed by atoms with Gasteiger partial charge in [-0.3, -0.25) is 4.79 Å². The van der Waals surface area contributed by atoms with Crippen molar-refractivity contribution in [3.8, 4) is 0 Å². The van der Waals surface area contributed by atoms with Crippen LogP contribution in [0.1, 0.15) is 25.1 Å². The smallest absolute Gasteiger partial charge is 0.307 e. The number of thiophene rings is 1. The molecule has 1 unspecified atom stereocenters. The lowest BCUT2D eigenvalue weighted by atomic mass is 10.2. The monoisotopic (exact) mass is 305 g/mol. The van der Waals surface area contributed by atoms with Gasteiger partial charge in [0.05, 0.1) is 13.0 Å². The van der Waals surface area contributed by atoms with Crippen LogP contribution in [0.25, 0.3) is 0 Å². The molecule has 0 aromatic carbocycles. The number of carbonyl (C=O) groups excluding carboxylic acids is 1. The van der Waals surface area contributed by atoms with Gasteiger partial charge in [0, 0.05) is 21.9 Å². The van der Waals surface area contributed by atoms with Crippen molar-refractivity contribution in [3.63, 3.8) is 0 Å². The summed E-state index contributed by atoms with van der Waals surface area (Å²) in [5, 5.41) is 5.33. The molecule has 1 N–H and O–H groups in total. The van der Waals surface area contributed by atoms with E-state index < -0.39 is 0 Å². The van der Waals surface area contributed by atoms with Gasteiger partial charge in [0.1, 0.15) is 0 Å². The summed E-state index contributed by atoms with van der Waals surface area (Å²) < 4.78 is 6.01. The molecule has 0 aliphatic rings. The highest BCUT2D eigenvalue weighted by Gasteiger charge is 2.10. The standard InChI is InChI=1S/C11H16BrNO2S/c1-3-15-11(14)6-8(2)13-7-10-9(12)4-5-16-10/h4-5,8,13H,3,6-7H2,1-2H3. The van der Waals surface area contributed by atoms with Crippen molar-refractivity contribution in [1.82, 2.24) is 5.32 Å². The summed E-state index contributed by atoms with van der Waals surface area (Å²) in [5.74, 6) is -0.146. The first kappa shape index (κ1) is 13.7. The number of esters is 1. The molecule has 0 amide bonds. The van der Waals surface area contributed by atoms with Crippen LogP contribution in [-0.4, -0.2) is 18.6 Å². The molecule has 5 heteroatoms. The quantitative estimate of drug-likeness (QED) is 0.821. The fraction of sp³-hybridized carbons (Fsp3) is 0.545. The van der Waals surface area contributed by atoms with Gasteiger partial charge < -0.3 is 10.1 Å². The highest BCUT2D eigenvalue weighted by molar-refractivity contribution is 9.10. The van der Waals surface area contributed by atoms with Crippen LogP contribution in [0.3, 0.4) is 0 Å². The fourth-order valence-corrected chi connectivity index (χ4v) is 2.70. The number of hydrogen-bond donors (Lipinski definition) is 1. The van der Waals surface area contributed by atoms with Gasteiger partial charge in [-0.05, 0) is 41.2 Å². The Morgan fingerprint density at radius 1 is 1.69 bits per heavy atom. The lowest BCUT2D eigenvalue weighted by Gasteiger charge is -2.12. The third-order valence-corrected chi connectivity index (χ3v) is 4.01. The second-order valence-corrected chi connectivity index (χ2v) is 5.34. The van der Waals surface area contributed by atoms with Crippen molar-refractivity contribution >= 4 is 33.2 Å². The molecule has 0 radical (unpaired) electrons. The van der Waals surface area contributed by atoms with Crippen molar-refractivity contribution < 1.29 is 9.53 Å². The zero-order valence-electron chi connectivity index (χ0n) is 9.46. The summed E-state index contributed by atoms with van der Waals surface area (Å²) in [7, 11) is 0. The molecule has 0 aliphatic carbocycles. The van der Waals surface area contributed by atoms with Crippen LogP contribution in [0.2, 0.25) is 0 Å². The van der Waals surface area contributed by atoms with Crippen molar-refractivity contribution in [3.05, 3.63) is 20.8 Å². The second kappa shape index (κ2) is 7.04. The maximum Gasteiger partial charge on any atom is 0.307 e. The second-order valence-electron chi connectivity index (χ2n) is 3.48. The highest BCUT2D eigenvalue weighted by atomic mass is 79.9. The number of carbonyl (C=O) groups is 1. The Balaban J connectivity index is 2.27. The van der Waals surface area contributed by atoms with Gasteiger partial charge in [-0.2, -0.15) is 0 Å². The summed E-state index contributed by atoms with van der Waals surface area (Å²) in [6.45, 7) is 5.03. The van der Waals surface area contributed by atoms with Gasteiger partial charge in [0.2, 0.25) is 0 Å². The predicted octanol–water partition coefficient (Wildman–Crippen LogP) is 2.94. The lowest BCUT2D eigenvalue weighted by Crippen LogP contribution is -2.28. The molecular weight excluding hydrogens is 290 g/mol. The molecule has 1 rings (SSSR count). The molecular formula is C11H16BrNO2S. The molecule has 0 bridgehead atoms. The number of halogens is 1. The maximum atomic E-state index is 11.2. The van der Waals surface area contributed by atoms with Crippen molar-refractivity contribution in [2.24, 2.45) is 0 Å². The minimum atomic E-state index is -0.146. The molecule has 1 aromatic heterocycles. The van der Waals surface area contributed by atoms with E-state index in [2.05, 4.69) is 21.2 Å². The first-order valence-corrected chi connectivity index (χ1v) is 6.91. The first-order chi connectivity index (χ1) is 7.63. The van der Waals surface area contributed by atoms with Crippen LogP contribution in [0.5, 0.6) is 0 Å². The molecule has 1 aromatic rings. The SMILES string of the molecule is CCOC(=O)CC(C)NCc1sccc1Br. The summed E-state index contributed by atoms with van der Waals surface area (Å²) in [6, 6.07) is 2.16. The maximum absolute atomic E-state index is 11.2. The van der Waals surface area contributed by atoms with Crippen LogP contribution in [0, 0.1) is 0 Å². The highest BCUT2D eigenvalue weighted by Crippen LogP contribution is 2.22. The minimum absolute atomic E-state index is 0.132. The van der Waals surface area contributed by atoms with Gasteiger partial charge in [0.15, 0.2) is 0 Å². The van der Waals surface area contributed by atoms with E-state index in [1.165, 1.54) is 4.88 Å². The molecule has 0 saturated heterocycles. The van der Waals surface area contributed by atoms with Crippen LogP contribution < -0.4 is 5.32 Å². The topological polar surface area (TPSA) is 38.3 Å². The third-order valence-electron chi connectivity index (χ3n) is 2.08. The summed E-state index contributed by atoms with van der Waals surface area (Å²) in [6.07, 6.45) is 0.414. The van der Waals surface area contributed by atoms with E-state index in [1.807, 2.05) is 25.3 Å². The zero-order chi connectivity index (χ0) is 12.0. The van der Waals surface area contributed by atoms with Gasteiger partial charge in [-0.15, -0.1) is 11.3 Å². The Morgan fingerprint density at radius 2 is 2.44 bits per heavy atom. The van der Waals surface area contributed by atoms with Gasteiger partial charge in [0.25, 0.3) is 0 Å². The van der Waals surface area contributed by atoms with Gasteiger partial charge >= 0.3 is 5.97 Å². The molecule has 0 aliphatic heterocycles. The Hall–Kier alpha value is -0.390. The minimum Gasteiger partial charge on any atom is -0.466 e. The Bertz CT molecular complexity index is 340. The number of rotatable bonds is 6. The summed E-state index contributed by atoms with van der Waals surface area (Å²) >= 11 is 5.17. The largest absolute Gasteiger partial charge is 0.466 e. The average Bonchev–Trinajstić information content (AvgIpc) is 2.61. The van der Waals surface area contributed by atoms with Crippen LogP contribution >= 0.6 is 27.3 Å². The van der Waals surface area contributed by atoms with Crippen LogP contribution in [-0.2, 0) is 16.1 Å². The lowest BCUT2D eigenvalue weighted by molar-refractivity contribution is -0.143. The van der Waals surface area contributed by atoms with E-state index in [-0.39, 0.29) is 12.0 Å².